The third kappa shape index (κ3) is 1.28. The standard InChI is InChI=1S/C6H3Cl2NO/c7-4-1-3(9)2-5(8)6(4)10/h1-2,9H. The molecule has 1 aliphatic rings. The highest BCUT2D eigenvalue weighted by molar-refractivity contribution is 6.57. The van der Waals surface area contributed by atoms with Gasteiger partial charge in [-0.2, -0.15) is 0 Å². The van der Waals surface area contributed by atoms with E-state index in [9.17, 15) is 4.79 Å². The monoisotopic (exact) mass is 175 g/mol. The molecule has 0 fully saturated rings. The van der Waals surface area contributed by atoms with Crippen molar-refractivity contribution in [3.05, 3.63) is 22.2 Å². The topological polar surface area (TPSA) is 40.9 Å². The van der Waals surface area contributed by atoms with Crippen LogP contribution in [0.3, 0.4) is 0 Å². The van der Waals surface area contributed by atoms with Gasteiger partial charge in [0, 0.05) is 0 Å². The normalized spacial score (nSPS) is 18.6. The van der Waals surface area contributed by atoms with Gasteiger partial charge in [-0.15, -0.1) is 0 Å². The SMILES string of the molecule is N=C1C=C(Cl)C(=O)C(Cl)=C1. The van der Waals surface area contributed by atoms with Crippen molar-refractivity contribution >= 4 is 34.7 Å². The summed E-state index contributed by atoms with van der Waals surface area (Å²) >= 11 is 10.8. The van der Waals surface area contributed by atoms with E-state index in [0.29, 0.717) is 0 Å². The second-order valence-corrected chi connectivity index (χ2v) is 2.58. The summed E-state index contributed by atoms with van der Waals surface area (Å²) in [7, 11) is 0. The second-order valence-electron chi connectivity index (χ2n) is 1.77. The lowest BCUT2D eigenvalue weighted by Gasteiger charge is -2.02. The summed E-state index contributed by atoms with van der Waals surface area (Å²) < 4.78 is 0. The van der Waals surface area contributed by atoms with Crippen molar-refractivity contribution < 1.29 is 4.79 Å². The molecule has 0 aromatic heterocycles. The molecule has 0 spiro atoms. The Labute approximate surface area is 67.6 Å². The Kier molecular flexibility index (Phi) is 1.92. The minimum atomic E-state index is -0.417. The summed E-state index contributed by atoms with van der Waals surface area (Å²) in [6.07, 6.45) is 2.52. The van der Waals surface area contributed by atoms with Crippen molar-refractivity contribution in [1.82, 2.24) is 0 Å². The molecule has 0 aromatic carbocycles. The van der Waals surface area contributed by atoms with Gasteiger partial charge in [0.25, 0.3) is 0 Å². The lowest BCUT2D eigenvalue weighted by atomic mass is 10.1. The van der Waals surface area contributed by atoms with E-state index in [1.165, 1.54) is 12.2 Å². The van der Waals surface area contributed by atoms with E-state index in [2.05, 4.69) is 0 Å². The smallest absolute Gasteiger partial charge is 0.215 e. The minimum absolute atomic E-state index is 0.00231. The molecule has 0 atom stereocenters. The zero-order valence-corrected chi connectivity index (χ0v) is 6.33. The van der Waals surface area contributed by atoms with E-state index in [1.54, 1.807) is 0 Å². The minimum Gasteiger partial charge on any atom is -0.301 e. The Hall–Kier alpha value is -0.600. The first-order valence-corrected chi connectivity index (χ1v) is 3.24. The van der Waals surface area contributed by atoms with E-state index in [4.69, 9.17) is 28.6 Å². The zero-order chi connectivity index (χ0) is 7.72. The molecule has 52 valence electrons. The van der Waals surface area contributed by atoms with E-state index < -0.39 is 5.78 Å². The lowest BCUT2D eigenvalue weighted by molar-refractivity contribution is -0.111. The molecular formula is C6H3Cl2NO. The predicted molar refractivity (Wildman–Crippen MR) is 40.6 cm³/mol. The van der Waals surface area contributed by atoms with Crippen molar-refractivity contribution in [1.29, 1.82) is 5.41 Å². The summed E-state index contributed by atoms with van der Waals surface area (Å²) in [6, 6.07) is 0. The number of carbonyl (C=O) groups is 1. The van der Waals surface area contributed by atoms with Crippen molar-refractivity contribution in [2.75, 3.05) is 0 Å². The molecule has 0 saturated heterocycles. The van der Waals surface area contributed by atoms with Crippen LogP contribution in [0.15, 0.2) is 22.2 Å². The van der Waals surface area contributed by atoms with Crippen LogP contribution in [0.2, 0.25) is 0 Å². The highest BCUT2D eigenvalue weighted by Gasteiger charge is 2.15. The van der Waals surface area contributed by atoms with Crippen molar-refractivity contribution in [2.45, 2.75) is 0 Å². The molecule has 1 rings (SSSR count). The Morgan fingerprint density at radius 1 is 1.20 bits per heavy atom. The number of hydrogen-bond donors (Lipinski definition) is 1. The zero-order valence-electron chi connectivity index (χ0n) is 4.82. The molecule has 4 heteroatoms. The van der Waals surface area contributed by atoms with Crippen LogP contribution < -0.4 is 0 Å². The van der Waals surface area contributed by atoms with Gasteiger partial charge in [0.1, 0.15) is 0 Å². The van der Waals surface area contributed by atoms with Gasteiger partial charge in [-0.05, 0) is 12.2 Å². The van der Waals surface area contributed by atoms with Gasteiger partial charge >= 0.3 is 0 Å². The summed E-state index contributed by atoms with van der Waals surface area (Å²) in [4.78, 5) is 10.8. The average Bonchev–Trinajstić information content (AvgIpc) is 1.82. The molecule has 0 heterocycles. The van der Waals surface area contributed by atoms with Crippen LogP contribution in [0.1, 0.15) is 0 Å². The molecular weight excluding hydrogens is 173 g/mol. The van der Waals surface area contributed by atoms with Crippen LogP contribution in [0.5, 0.6) is 0 Å². The van der Waals surface area contributed by atoms with E-state index >= 15 is 0 Å². The number of Topliss-reactive ketones (excluding diaryl/α,β-unsaturated/α-hetero) is 1. The fraction of sp³-hybridized carbons (Fsp3) is 0. The van der Waals surface area contributed by atoms with Gasteiger partial charge in [0.05, 0.1) is 15.8 Å². The molecule has 0 radical (unpaired) electrons. The maximum Gasteiger partial charge on any atom is 0.215 e. The van der Waals surface area contributed by atoms with Gasteiger partial charge in [-0.25, -0.2) is 0 Å². The fourth-order valence-corrected chi connectivity index (χ4v) is 1.05. The van der Waals surface area contributed by atoms with Crippen molar-refractivity contribution in [3.63, 3.8) is 0 Å². The first kappa shape index (κ1) is 7.51. The van der Waals surface area contributed by atoms with E-state index in [-0.39, 0.29) is 15.8 Å². The van der Waals surface area contributed by atoms with E-state index in [0.717, 1.165) is 0 Å². The number of rotatable bonds is 0. The molecule has 0 bridgehead atoms. The Balaban J connectivity index is 3.05. The van der Waals surface area contributed by atoms with Crippen LogP contribution in [0, 0.1) is 5.41 Å². The van der Waals surface area contributed by atoms with Gasteiger partial charge in [0.15, 0.2) is 0 Å². The number of nitrogens with one attached hydrogen (secondary N) is 1. The lowest BCUT2D eigenvalue weighted by Crippen LogP contribution is -2.06. The van der Waals surface area contributed by atoms with Gasteiger partial charge in [-0.3, -0.25) is 4.79 Å². The number of hydrogen-bond acceptors (Lipinski definition) is 2. The Morgan fingerprint density at radius 2 is 1.60 bits per heavy atom. The summed E-state index contributed by atoms with van der Waals surface area (Å²) in [6.45, 7) is 0. The third-order valence-electron chi connectivity index (χ3n) is 0.998. The average molecular weight is 176 g/mol. The van der Waals surface area contributed by atoms with Gasteiger partial charge in [-0.1, -0.05) is 23.2 Å². The fourth-order valence-electron chi connectivity index (χ4n) is 0.560. The van der Waals surface area contributed by atoms with Crippen LogP contribution in [0.4, 0.5) is 0 Å². The Morgan fingerprint density at radius 3 is 2.00 bits per heavy atom. The number of ketones is 1. The van der Waals surface area contributed by atoms with Gasteiger partial charge < -0.3 is 5.41 Å². The molecule has 0 aromatic rings. The molecule has 1 aliphatic carbocycles. The molecule has 1 N–H and O–H groups in total. The third-order valence-corrected chi connectivity index (χ3v) is 1.56. The van der Waals surface area contributed by atoms with Crippen LogP contribution >= 0.6 is 23.2 Å². The highest BCUT2D eigenvalue weighted by atomic mass is 35.5. The summed E-state index contributed by atoms with van der Waals surface area (Å²) in [5.74, 6) is -0.417. The molecule has 0 aliphatic heterocycles. The molecule has 0 unspecified atom stereocenters. The first-order chi connectivity index (χ1) is 4.61. The molecule has 10 heavy (non-hydrogen) atoms. The maximum atomic E-state index is 10.8. The maximum absolute atomic E-state index is 10.8. The van der Waals surface area contributed by atoms with Gasteiger partial charge in [0.2, 0.25) is 5.78 Å². The first-order valence-electron chi connectivity index (χ1n) is 2.49. The summed E-state index contributed by atoms with van der Waals surface area (Å²) in [5.41, 5.74) is 0.148. The molecule has 2 nitrogen and oxygen atoms in total. The van der Waals surface area contributed by atoms with Crippen LogP contribution in [-0.4, -0.2) is 11.5 Å². The van der Waals surface area contributed by atoms with Crippen molar-refractivity contribution in [2.24, 2.45) is 0 Å². The highest BCUT2D eigenvalue weighted by Crippen LogP contribution is 2.18. The Bertz CT molecular complexity index is 241. The molecule has 0 amide bonds. The quantitative estimate of drug-likeness (QED) is 0.562. The second kappa shape index (κ2) is 2.56. The summed E-state index contributed by atoms with van der Waals surface area (Å²) in [5, 5.41) is 7.06. The number of halogens is 2. The number of carbonyl (C=O) groups excluding carboxylic acids is 1. The van der Waals surface area contributed by atoms with Crippen LogP contribution in [-0.2, 0) is 4.79 Å². The largest absolute Gasteiger partial charge is 0.301 e. The molecule has 0 saturated carbocycles. The van der Waals surface area contributed by atoms with E-state index in [1.807, 2.05) is 0 Å². The van der Waals surface area contributed by atoms with Crippen molar-refractivity contribution in [3.8, 4) is 0 Å². The van der Waals surface area contributed by atoms with Crippen LogP contribution in [0.25, 0.3) is 0 Å². The predicted octanol–water partition coefficient (Wildman–Crippen LogP) is 1.83. The number of allylic oxidation sites excluding steroid dienone is 4.